The molecule has 0 amide bonds. The van der Waals surface area contributed by atoms with Gasteiger partial charge >= 0.3 is 0 Å². The zero-order valence-corrected chi connectivity index (χ0v) is 6.14. The summed E-state index contributed by atoms with van der Waals surface area (Å²) in [5.41, 5.74) is 0. The van der Waals surface area contributed by atoms with E-state index in [9.17, 15) is 0 Å². The van der Waals surface area contributed by atoms with Gasteiger partial charge in [-0.25, -0.2) is 0 Å². The normalized spacial score (nSPS) is 9.56. The SMILES string of the molecule is C=CCC([CH]C)CC=C. The van der Waals surface area contributed by atoms with Crippen LogP contribution < -0.4 is 0 Å². The van der Waals surface area contributed by atoms with Crippen LogP contribution in [0.3, 0.4) is 0 Å². The van der Waals surface area contributed by atoms with Gasteiger partial charge in [0.25, 0.3) is 0 Å². The van der Waals surface area contributed by atoms with Crippen molar-refractivity contribution in [2.24, 2.45) is 5.92 Å². The summed E-state index contributed by atoms with van der Waals surface area (Å²) in [6.45, 7) is 9.43. The molecule has 0 unspecified atom stereocenters. The molecule has 1 radical (unpaired) electrons. The van der Waals surface area contributed by atoms with Gasteiger partial charge in [0.05, 0.1) is 0 Å². The first-order valence-electron chi connectivity index (χ1n) is 3.36. The lowest BCUT2D eigenvalue weighted by Crippen LogP contribution is -1.94. The van der Waals surface area contributed by atoms with Crippen molar-refractivity contribution in [3.63, 3.8) is 0 Å². The van der Waals surface area contributed by atoms with Gasteiger partial charge in [0.2, 0.25) is 0 Å². The Morgan fingerprint density at radius 1 is 1.22 bits per heavy atom. The molecule has 0 fully saturated rings. The van der Waals surface area contributed by atoms with Crippen LogP contribution in [0.15, 0.2) is 25.3 Å². The van der Waals surface area contributed by atoms with Crippen LogP contribution in [0.25, 0.3) is 0 Å². The molecule has 0 aliphatic heterocycles. The van der Waals surface area contributed by atoms with Gasteiger partial charge in [-0.3, -0.25) is 0 Å². The number of allylic oxidation sites excluding steroid dienone is 2. The Balaban J connectivity index is 3.39. The minimum atomic E-state index is 0.653. The van der Waals surface area contributed by atoms with Crippen LogP contribution in [0.4, 0.5) is 0 Å². The largest absolute Gasteiger partial charge is 0.103 e. The third-order valence-corrected chi connectivity index (χ3v) is 1.41. The molecule has 0 aromatic heterocycles. The Morgan fingerprint density at radius 2 is 1.67 bits per heavy atom. The van der Waals surface area contributed by atoms with E-state index in [0.717, 1.165) is 12.8 Å². The Labute approximate surface area is 58.3 Å². The summed E-state index contributed by atoms with van der Waals surface area (Å²) in [7, 11) is 0. The van der Waals surface area contributed by atoms with E-state index in [-0.39, 0.29) is 0 Å². The molecule has 51 valence electrons. The maximum atomic E-state index is 3.68. The highest BCUT2D eigenvalue weighted by Crippen LogP contribution is 2.11. The van der Waals surface area contributed by atoms with Crippen LogP contribution in [0.5, 0.6) is 0 Å². The van der Waals surface area contributed by atoms with E-state index < -0.39 is 0 Å². The van der Waals surface area contributed by atoms with Gasteiger partial charge in [-0.05, 0) is 25.2 Å². The average Bonchev–Trinajstić information content (AvgIpc) is 1.88. The van der Waals surface area contributed by atoms with Crippen LogP contribution in [-0.2, 0) is 0 Å². The van der Waals surface area contributed by atoms with Crippen LogP contribution >= 0.6 is 0 Å². The van der Waals surface area contributed by atoms with E-state index in [1.165, 1.54) is 0 Å². The summed E-state index contributed by atoms with van der Waals surface area (Å²) >= 11 is 0. The zero-order valence-electron chi connectivity index (χ0n) is 6.14. The molecule has 9 heavy (non-hydrogen) atoms. The van der Waals surface area contributed by atoms with Crippen molar-refractivity contribution < 1.29 is 0 Å². The van der Waals surface area contributed by atoms with Gasteiger partial charge in [0, 0.05) is 0 Å². The number of hydrogen-bond donors (Lipinski definition) is 0. The monoisotopic (exact) mass is 123 g/mol. The molecule has 0 N–H and O–H groups in total. The van der Waals surface area contributed by atoms with Crippen molar-refractivity contribution in [2.75, 3.05) is 0 Å². The van der Waals surface area contributed by atoms with Gasteiger partial charge in [0.15, 0.2) is 0 Å². The van der Waals surface area contributed by atoms with Crippen molar-refractivity contribution in [2.45, 2.75) is 19.8 Å². The van der Waals surface area contributed by atoms with E-state index in [0.29, 0.717) is 5.92 Å². The lowest BCUT2D eigenvalue weighted by Gasteiger charge is -2.06. The van der Waals surface area contributed by atoms with Crippen LogP contribution in [0.2, 0.25) is 0 Å². The van der Waals surface area contributed by atoms with E-state index in [1.54, 1.807) is 0 Å². The third-order valence-electron chi connectivity index (χ3n) is 1.41. The quantitative estimate of drug-likeness (QED) is 0.493. The fourth-order valence-corrected chi connectivity index (χ4v) is 0.797. The topological polar surface area (TPSA) is 0 Å². The predicted octanol–water partition coefficient (Wildman–Crippen LogP) is 2.98. The molecule has 0 aromatic carbocycles. The molecule has 0 saturated heterocycles. The molecular formula is C9H15. The van der Waals surface area contributed by atoms with Gasteiger partial charge < -0.3 is 0 Å². The smallest absolute Gasteiger partial charge is 0.0317 e. The Bertz CT molecular complexity index is 72.0. The van der Waals surface area contributed by atoms with Crippen molar-refractivity contribution in [1.82, 2.24) is 0 Å². The summed E-state index contributed by atoms with van der Waals surface area (Å²) in [6.07, 6.45) is 8.25. The summed E-state index contributed by atoms with van der Waals surface area (Å²) in [5.74, 6) is 0.653. The van der Waals surface area contributed by atoms with Crippen LogP contribution in [0, 0.1) is 12.3 Å². The predicted molar refractivity (Wildman–Crippen MR) is 43.1 cm³/mol. The average molecular weight is 123 g/mol. The second kappa shape index (κ2) is 5.61. The zero-order chi connectivity index (χ0) is 7.11. The molecule has 0 aliphatic carbocycles. The summed E-state index contributed by atoms with van der Waals surface area (Å²) in [4.78, 5) is 0. The molecule has 0 aromatic rings. The lowest BCUT2D eigenvalue weighted by molar-refractivity contribution is 0.628. The van der Waals surface area contributed by atoms with Crippen LogP contribution in [-0.4, -0.2) is 0 Å². The lowest BCUT2D eigenvalue weighted by atomic mass is 9.99. The van der Waals surface area contributed by atoms with E-state index in [1.807, 2.05) is 12.2 Å². The summed E-state index contributed by atoms with van der Waals surface area (Å²) in [6, 6.07) is 0. The van der Waals surface area contributed by atoms with Gasteiger partial charge in [-0.2, -0.15) is 0 Å². The molecule has 0 saturated carbocycles. The molecule has 0 heteroatoms. The molecule has 0 rings (SSSR count). The maximum absolute atomic E-state index is 3.68. The van der Waals surface area contributed by atoms with E-state index in [4.69, 9.17) is 0 Å². The second-order valence-corrected chi connectivity index (χ2v) is 2.14. The molecule has 0 atom stereocenters. The Kier molecular flexibility index (Phi) is 5.29. The van der Waals surface area contributed by atoms with Gasteiger partial charge in [0.1, 0.15) is 0 Å². The summed E-state index contributed by atoms with van der Waals surface area (Å²) in [5, 5.41) is 0. The molecule has 0 bridgehead atoms. The highest BCUT2D eigenvalue weighted by molar-refractivity contribution is 4.85. The maximum Gasteiger partial charge on any atom is -0.0317 e. The molecular weight excluding hydrogens is 108 g/mol. The molecule has 0 nitrogen and oxygen atoms in total. The van der Waals surface area contributed by atoms with E-state index >= 15 is 0 Å². The molecule has 0 heterocycles. The van der Waals surface area contributed by atoms with Crippen molar-refractivity contribution in [3.8, 4) is 0 Å². The number of hydrogen-bond acceptors (Lipinski definition) is 0. The fraction of sp³-hybridized carbons (Fsp3) is 0.444. The molecule has 0 spiro atoms. The first kappa shape index (κ1) is 8.48. The first-order valence-corrected chi connectivity index (χ1v) is 3.36. The Hall–Kier alpha value is -0.520. The number of rotatable bonds is 5. The standard InChI is InChI=1S/C9H15/c1-4-7-9(6-3)8-5-2/h4-6,9H,1-2,7-8H2,3H3. The molecule has 0 aliphatic rings. The van der Waals surface area contributed by atoms with Crippen LogP contribution in [0.1, 0.15) is 19.8 Å². The highest BCUT2D eigenvalue weighted by Gasteiger charge is 1.99. The minimum Gasteiger partial charge on any atom is -0.103 e. The fourth-order valence-electron chi connectivity index (χ4n) is 0.797. The van der Waals surface area contributed by atoms with E-state index in [2.05, 4.69) is 26.5 Å². The third kappa shape index (κ3) is 4.01. The van der Waals surface area contributed by atoms with Gasteiger partial charge in [-0.15, -0.1) is 13.2 Å². The Morgan fingerprint density at radius 3 is 1.89 bits per heavy atom. The second-order valence-electron chi connectivity index (χ2n) is 2.14. The minimum absolute atomic E-state index is 0.653. The first-order chi connectivity index (χ1) is 4.35. The van der Waals surface area contributed by atoms with Crippen molar-refractivity contribution in [1.29, 1.82) is 0 Å². The highest BCUT2D eigenvalue weighted by atomic mass is 14.0. The summed E-state index contributed by atoms with van der Waals surface area (Å²) < 4.78 is 0. The van der Waals surface area contributed by atoms with Crippen molar-refractivity contribution >= 4 is 0 Å². The van der Waals surface area contributed by atoms with Gasteiger partial charge in [-0.1, -0.05) is 19.1 Å². The van der Waals surface area contributed by atoms with Crippen molar-refractivity contribution in [3.05, 3.63) is 31.7 Å².